The fourth-order valence-corrected chi connectivity index (χ4v) is 0.893. The molecule has 12 heavy (non-hydrogen) atoms. The van der Waals surface area contributed by atoms with Gasteiger partial charge >= 0.3 is 0 Å². The average molecular weight is 210 g/mol. The Morgan fingerprint density at radius 3 is 1.58 bits per heavy atom. The highest BCUT2D eigenvalue weighted by Gasteiger charge is 1.99. The van der Waals surface area contributed by atoms with Crippen LogP contribution in [0.3, 0.4) is 0 Å². The molecule has 1 heterocycles. The van der Waals surface area contributed by atoms with Gasteiger partial charge in [-0.2, -0.15) is 0 Å². The molecule has 0 unspecified atom stereocenters. The summed E-state index contributed by atoms with van der Waals surface area (Å²) in [4.78, 5) is 8.20. The molecule has 70 valence electrons. The normalized spacial score (nSPS) is 8.25. The van der Waals surface area contributed by atoms with Gasteiger partial charge in [-0.25, -0.2) is 9.97 Å². The Bertz CT molecular complexity index is 240. The third-order valence-corrected chi connectivity index (χ3v) is 1.44. The lowest BCUT2D eigenvalue weighted by molar-refractivity contribution is 0.983. The van der Waals surface area contributed by atoms with Gasteiger partial charge in [0.2, 0.25) is 0 Å². The van der Waals surface area contributed by atoms with Crippen LogP contribution in [0.25, 0.3) is 0 Å². The highest BCUT2D eigenvalue weighted by molar-refractivity contribution is 5.85. The Labute approximate surface area is 84.6 Å². The second-order valence-corrected chi connectivity index (χ2v) is 2.36. The van der Waals surface area contributed by atoms with Crippen LogP contribution in [0.2, 0.25) is 0 Å². The van der Waals surface area contributed by atoms with E-state index in [2.05, 4.69) is 9.97 Å². The Balaban J connectivity index is 0. The Kier molecular flexibility index (Phi) is 6.03. The largest absolute Gasteiger partial charge is 0.396 e. The second-order valence-electron chi connectivity index (χ2n) is 2.36. The molecular formula is C7H13Cl2N3. The van der Waals surface area contributed by atoms with Crippen LogP contribution in [0, 0.1) is 20.8 Å². The molecule has 0 aliphatic carbocycles. The molecule has 3 nitrogen and oxygen atoms in total. The number of aryl methyl sites for hydroxylation is 3. The van der Waals surface area contributed by atoms with Crippen molar-refractivity contribution in [3.8, 4) is 0 Å². The molecule has 0 fully saturated rings. The fraction of sp³-hybridized carbons (Fsp3) is 0.429. The van der Waals surface area contributed by atoms with Gasteiger partial charge in [-0.05, 0) is 20.8 Å². The third-order valence-electron chi connectivity index (χ3n) is 1.44. The number of nitrogens with zero attached hydrogens (tertiary/aromatic N) is 2. The van der Waals surface area contributed by atoms with E-state index in [0.717, 1.165) is 17.2 Å². The van der Waals surface area contributed by atoms with Gasteiger partial charge in [-0.1, -0.05) is 0 Å². The summed E-state index contributed by atoms with van der Waals surface area (Å²) in [5, 5.41) is 0. The van der Waals surface area contributed by atoms with E-state index in [1.54, 1.807) is 0 Å². The predicted molar refractivity (Wildman–Crippen MR) is 55.2 cm³/mol. The van der Waals surface area contributed by atoms with Crippen molar-refractivity contribution in [2.24, 2.45) is 0 Å². The van der Waals surface area contributed by atoms with Crippen molar-refractivity contribution in [3.05, 3.63) is 17.2 Å². The average Bonchev–Trinajstić information content (AvgIpc) is 1.82. The number of halogens is 2. The summed E-state index contributed by atoms with van der Waals surface area (Å²) in [5.74, 6) is 0.782. The Hall–Kier alpha value is -0.540. The van der Waals surface area contributed by atoms with Crippen molar-refractivity contribution < 1.29 is 0 Å². The first kappa shape index (κ1) is 14.0. The standard InChI is InChI=1S/C7H11N3.2ClH/c1-4-7(8)5(2)10-6(3)9-4;;/h8H2,1-3H3;2*1H. The molecule has 0 bridgehead atoms. The minimum Gasteiger partial charge on any atom is -0.396 e. The van der Waals surface area contributed by atoms with Crippen LogP contribution in [0.1, 0.15) is 17.2 Å². The molecule has 0 aliphatic rings. The summed E-state index contributed by atoms with van der Waals surface area (Å²) in [6, 6.07) is 0. The molecule has 0 atom stereocenters. The zero-order chi connectivity index (χ0) is 7.72. The number of hydrogen-bond acceptors (Lipinski definition) is 3. The molecule has 0 aromatic carbocycles. The maximum atomic E-state index is 5.63. The molecule has 0 radical (unpaired) electrons. The smallest absolute Gasteiger partial charge is 0.125 e. The van der Waals surface area contributed by atoms with E-state index in [1.807, 2.05) is 20.8 Å². The van der Waals surface area contributed by atoms with E-state index in [1.165, 1.54) is 0 Å². The summed E-state index contributed by atoms with van der Waals surface area (Å²) in [6.45, 7) is 5.63. The summed E-state index contributed by atoms with van der Waals surface area (Å²) in [6.07, 6.45) is 0. The lowest BCUT2D eigenvalue weighted by atomic mass is 10.3. The lowest BCUT2D eigenvalue weighted by Gasteiger charge is -2.02. The van der Waals surface area contributed by atoms with Crippen molar-refractivity contribution in [2.75, 3.05) is 5.73 Å². The van der Waals surface area contributed by atoms with E-state index >= 15 is 0 Å². The van der Waals surface area contributed by atoms with Crippen molar-refractivity contribution >= 4 is 30.5 Å². The maximum absolute atomic E-state index is 5.63. The number of rotatable bonds is 0. The van der Waals surface area contributed by atoms with Crippen LogP contribution >= 0.6 is 24.8 Å². The highest BCUT2D eigenvalue weighted by atomic mass is 35.5. The Morgan fingerprint density at radius 2 is 1.25 bits per heavy atom. The SMILES string of the molecule is Cc1nc(C)c(N)c(C)n1.Cl.Cl. The quantitative estimate of drug-likeness (QED) is 0.710. The van der Waals surface area contributed by atoms with Gasteiger partial charge in [0, 0.05) is 0 Å². The molecule has 5 heteroatoms. The summed E-state index contributed by atoms with van der Waals surface area (Å²) in [7, 11) is 0. The lowest BCUT2D eigenvalue weighted by Crippen LogP contribution is -2.01. The molecule has 0 saturated carbocycles. The van der Waals surface area contributed by atoms with Gasteiger partial charge in [-0.3, -0.25) is 0 Å². The number of aromatic nitrogens is 2. The molecule has 0 amide bonds. The first-order valence-electron chi connectivity index (χ1n) is 3.18. The van der Waals surface area contributed by atoms with Gasteiger partial charge in [0.15, 0.2) is 0 Å². The van der Waals surface area contributed by atoms with Gasteiger partial charge in [-0.15, -0.1) is 24.8 Å². The molecule has 1 aromatic heterocycles. The molecule has 0 spiro atoms. The molecule has 0 aliphatic heterocycles. The van der Waals surface area contributed by atoms with Gasteiger partial charge in [0.05, 0.1) is 17.1 Å². The minimum atomic E-state index is 0. The van der Waals surface area contributed by atoms with E-state index in [-0.39, 0.29) is 24.8 Å². The zero-order valence-corrected chi connectivity index (χ0v) is 8.92. The summed E-state index contributed by atoms with van der Waals surface area (Å²) in [5.41, 5.74) is 8.06. The minimum absolute atomic E-state index is 0. The monoisotopic (exact) mass is 209 g/mol. The van der Waals surface area contributed by atoms with E-state index in [4.69, 9.17) is 5.73 Å². The molecule has 0 saturated heterocycles. The van der Waals surface area contributed by atoms with E-state index in [9.17, 15) is 0 Å². The number of nitrogen functional groups attached to an aromatic ring is 1. The zero-order valence-electron chi connectivity index (χ0n) is 7.29. The van der Waals surface area contributed by atoms with Gasteiger partial charge in [0.25, 0.3) is 0 Å². The fourth-order valence-electron chi connectivity index (χ4n) is 0.893. The van der Waals surface area contributed by atoms with Crippen LogP contribution in [0.15, 0.2) is 0 Å². The van der Waals surface area contributed by atoms with Gasteiger partial charge in [0.1, 0.15) is 5.82 Å². The number of nitrogens with two attached hydrogens (primary N) is 1. The van der Waals surface area contributed by atoms with E-state index in [0.29, 0.717) is 5.69 Å². The van der Waals surface area contributed by atoms with Crippen molar-refractivity contribution in [1.29, 1.82) is 0 Å². The topological polar surface area (TPSA) is 51.8 Å². The Morgan fingerprint density at radius 1 is 0.917 bits per heavy atom. The summed E-state index contributed by atoms with van der Waals surface area (Å²) >= 11 is 0. The second kappa shape index (κ2) is 5.17. The molecular weight excluding hydrogens is 197 g/mol. The first-order chi connectivity index (χ1) is 4.61. The third kappa shape index (κ3) is 2.83. The van der Waals surface area contributed by atoms with Gasteiger partial charge < -0.3 is 5.73 Å². The predicted octanol–water partition coefficient (Wildman–Crippen LogP) is 1.83. The van der Waals surface area contributed by atoms with Crippen molar-refractivity contribution in [2.45, 2.75) is 20.8 Å². The highest BCUT2D eigenvalue weighted by Crippen LogP contribution is 2.10. The molecule has 2 N–H and O–H groups in total. The molecule has 1 aromatic rings. The summed E-state index contributed by atoms with van der Waals surface area (Å²) < 4.78 is 0. The van der Waals surface area contributed by atoms with Crippen LogP contribution in [-0.2, 0) is 0 Å². The number of anilines is 1. The van der Waals surface area contributed by atoms with Crippen LogP contribution in [-0.4, -0.2) is 9.97 Å². The number of hydrogen-bond donors (Lipinski definition) is 1. The van der Waals surface area contributed by atoms with Crippen LogP contribution < -0.4 is 5.73 Å². The molecule has 1 rings (SSSR count). The van der Waals surface area contributed by atoms with Crippen molar-refractivity contribution in [3.63, 3.8) is 0 Å². The maximum Gasteiger partial charge on any atom is 0.125 e. The van der Waals surface area contributed by atoms with Crippen LogP contribution in [0.5, 0.6) is 0 Å². The van der Waals surface area contributed by atoms with Crippen LogP contribution in [0.4, 0.5) is 5.69 Å². The first-order valence-corrected chi connectivity index (χ1v) is 3.18. The van der Waals surface area contributed by atoms with E-state index < -0.39 is 0 Å². The van der Waals surface area contributed by atoms with Crippen molar-refractivity contribution in [1.82, 2.24) is 9.97 Å².